The van der Waals surface area contributed by atoms with Crippen molar-refractivity contribution in [2.24, 2.45) is 23.0 Å². The van der Waals surface area contributed by atoms with Gasteiger partial charge in [0, 0.05) is 6.42 Å². The number of esters is 1. The number of rotatable bonds is 8. The minimum absolute atomic E-state index is 0.0677. The van der Waals surface area contributed by atoms with Crippen LogP contribution in [0.25, 0.3) is 0 Å². The smallest absolute Gasteiger partial charge is 0.305 e. The summed E-state index contributed by atoms with van der Waals surface area (Å²) < 4.78 is 5.22. The third-order valence-corrected chi connectivity index (χ3v) is 3.40. The van der Waals surface area contributed by atoms with Crippen LogP contribution >= 0.6 is 0 Å². The van der Waals surface area contributed by atoms with Gasteiger partial charge in [-0.3, -0.25) is 4.79 Å². The topological polar surface area (TPSA) is 52.3 Å². The second kappa shape index (κ2) is 8.52. The van der Waals surface area contributed by atoms with Crippen molar-refractivity contribution in [2.45, 2.75) is 60.3 Å². The molecule has 108 valence electrons. The predicted molar refractivity (Wildman–Crippen MR) is 76.3 cm³/mol. The first-order valence-electron chi connectivity index (χ1n) is 7.13. The van der Waals surface area contributed by atoms with Crippen LogP contribution in [-0.4, -0.2) is 19.1 Å². The largest absolute Gasteiger partial charge is 0.466 e. The van der Waals surface area contributed by atoms with Gasteiger partial charge in [-0.05, 0) is 43.1 Å². The molecule has 0 heterocycles. The van der Waals surface area contributed by atoms with Gasteiger partial charge >= 0.3 is 5.97 Å². The highest BCUT2D eigenvalue weighted by Crippen LogP contribution is 2.32. The number of nitrogens with two attached hydrogens (primary N) is 1. The lowest BCUT2D eigenvalue weighted by molar-refractivity contribution is -0.144. The second-order valence-electron chi connectivity index (χ2n) is 6.58. The Morgan fingerprint density at radius 2 is 1.78 bits per heavy atom. The van der Waals surface area contributed by atoms with E-state index in [9.17, 15) is 4.79 Å². The van der Waals surface area contributed by atoms with E-state index in [-0.39, 0.29) is 11.4 Å². The molecule has 0 radical (unpaired) electrons. The Hall–Kier alpha value is -0.570. The standard InChI is InChI=1S/C15H31NO2/c1-12(2)9-11-18-14(17)7-6-13(8-10-16)15(3,4)5/h12-13H,6-11,16H2,1-5H3. The highest BCUT2D eigenvalue weighted by atomic mass is 16.5. The molecule has 0 aliphatic carbocycles. The number of carbonyl (C=O) groups excluding carboxylic acids is 1. The molecule has 0 spiro atoms. The SMILES string of the molecule is CC(C)CCOC(=O)CCC(CCN)C(C)(C)C. The molecule has 0 aliphatic heterocycles. The van der Waals surface area contributed by atoms with Gasteiger partial charge in [0.25, 0.3) is 0 Å². The average molecular weight is 257 g/mol. The molecule has 1 unspecified atom stereocenters. The van der Waals surface area contributed by atoms with Crippen molar-refractivity contribution in [3.63, 3.8) is 0 Å². The van der Waals surface area contributed by atoms with Crippen LogP contribution in [0.15, 0.2) is 0 Å². The van der Waals surface area contributed by atoms with Crippen LogP contribution in [-0.2, 0) is 9.53 Å². The maximum Gasteiger partial charge on any atom is 0.305 e. The Bertz CT molecular complexity index is 231. The minimum atomic E-state index is -0.0677. The van der Waals surface area contributed by atoms with Crippen LogP contribution in [0.4, 0.5) is 0 Å². The van der Waals surface area contributed by atoms with E-state index in [4.69, 9.17) is 10.5 Å². The van der Waals surface area contributed by atoms with E-state index in [2.05, 4.69) is 34.6 Å². The fourth-order valence-corrected chi connectivity index (χ4v) is 1.98. The zero-order valence-corrected chi connectivity index (χ0v) is 12.8. The second-order valence-corrected chi connectivity index (χ2v) is 6.58. The lowest BCUT2D eigenvalue weighted by Crippen LogP contribution is -2.24. The molecule has 0 saturated carbocycles. The van der Waals surface area contributed by atoms with E-state index in [1.54, 1.807) is 0 Å². The van der Waals surface area contributed by atoms with E-state index < -0.39 is 0 Å². The Balaban J connectivity index is 3.93. The number of carbonyl (C=O) groups is 1. The van der Waals surface area contributed by atoms with Crippen molar-refractivity contribution in [1.29, 1.82) is 0 Å². The molecule has 3 heteroatoms. The molecule has 0 bridgehead atoms. The molecule has 0 saturated heterocycles. The monoisotopic (exact) mass is 257 g/mol. The summed E-state index contributed by atoms with van der Waals surface area (Å²) in [5, 5.41) is 0. The molecule has 0 rings (SSSR count). The van der Waals surface area contributed by atoms with Crippen LogP contribution in [0, 0.1) is 17.3 Å². The Kier molecular flexibility index (Phi) is 8.25. The average Bonchev–Trinajstić information content (AvgIpc) is 2.21. The summed E-state index contributed by atoms with van der Waals surface area (Å²) in [6.07, 6.45) is 3.31. The fourth-order valence-electron chi connectivity index (χ4n) is 1.98. The summed E-state index contributed by atoms with van der Waals surface area (Å²) in [7, 11) is 0. The number of hydrogen-bond acceptors (Lipinski definition) is 3. The molecule has 0 amide bonds. The highest BCUT2D eigenvalue weighted by Gasteiger charge is 2.24. The van der Waals surface area contributed by atoms with Crippen molar-refractivity contribution in [1.82, 2.24) is 0 Å². The molecule has 1 atom stereocenters. The van der Waals surface area contributed by atoms with E-state index in [0.29, 0.717) is 31.4 Å². The van der Waals surface area contributed by atoms with Gasteiger partial charge < -0.3 is 10.5 Å². The fraction of sp³-hybridized carbons (Fsp3) is 0.933. The van der Waals surface area contributed by atoms with Crippen molar-refractivity contribution >= 4 is 5.97 Å². The Morgan fingerprint density at radius 1 is 1.17 bits per heavy atom. The Labute approximate surface area is 112 Å². The minimum Gasteiger partial charge on any atom is -0.466 e. The van der Waals surface area contributed by atoms with Gasteiger partial charge in [0.2, 0.25) is 0 Å². The van der Waals surface area contributed by atoms with E-state index in [1.165, 1.54) is 0 Å². The zero-order chi connectivity index (χ0) is 14.2. The molecule has 0 aliphatic rings. The molecule has 0 fully saturated rings. The molecule has 18 heavy (non-hydrogen) atoms. The first kappa shape index (κ1) is 17.4. The summed E-state index contributed by atoms with van der Waals surface area (Å²) in [5.74, 6) is 0.999. The van der Waals surface area contributed by atoms with Crippen molar-refractivity contribution in [2.75, 3.05) is 13.2 Å². The van der Waals surface area contributed by atoms with Gasteiger partial charge in [-0.2, -0.15) is 0 Å². The Morgan fingerprint density at radius 3 is 2.22 bits per heavy atom. The first-order chi connectivity index (χ1) is 8.27. The van der Waals surface area contributed by atoms with Gasteiger partial charge in [0.1, 0.15) is 0 Å². The van der Waals surface area contributed by atoms with Crippen LogP contribution in [0.1, 0.15) is 60.3 Å². The summed E-state index contributed by atoms with van der Waals surface area (Å²) >= 11 is 0. The van der Waals surface area contributed by atoms with Gasteiger partial charge in [-0.25, -0.2) is 0 Å². The van der Waals surface area contributed by atoms with E-state index >= 15 is 0 Å². The van der Waals surface area contributed by atoms with Crippen LogP contribution < -0.4 is 5.73 Å². The molecule has 0 aromatic heterocycles. The number of ether oxygens (including phenoxy) is 1. The quantitative estimate of drug-likeness (QED) is 0.678. The first-order valence-corrected chi connectivity index (χ1v) is 7.13. The molecule has 2 N–H and O–H groups in total. The molecule has 3 nitrogen and oxygen atoms in total. The maximum absolute atomic E-state index is 11.6. The van der Waals surface area contributed by atoms with Crippen molar-refractivity contribution in [3.8, 4) is 0 Å². The maximum atomic E-state index is 11.6. The zero-order valence-electron chi connectivity index (χ0n) is 12.8. The van der Waals surface area contributed by atoms with Gasteiger partial charge in [0.15, 0.2) is 0 Å². The van der Waals surface area contributed by atoms with E-state index in [0.717, 1.165) is 19.3 Å². The van der Waals surface area contributed by atoms with Crippen LogP contribution in [0.3, 0.4) is 0 Å². The summed E-state index contributed by atoms with van der Waals surface area (Å²) in [6, 6.07) is 0. The van der Waals surface area contributed by atoms with Crippen LogP contribution in [0.5, 0.6) is 0 Å². The van der Waals surface area contributed by atoms with Gasteiger partial charge in [-0.15, -0.1) is 0 Å². The van der Waals surface area contributed by atoms with Crippen molar-refractivity contribution in [3.05, 3.63) is 0 Å². The van der Waals surface area contributed by atoms with Gasteiger partial charge in [-0.1, -0.05) is 34.6 Å². The van der Waals surface area contributed by atoms with E-state index in [1.807, 2.05) is 0 Å². The molecular weight excluding hydrogens is 226 g/mol. The van der Waals surface area contributed by atoms with Crippen LogP contribution in [0.2, 0.25) is 0 Å². The molecule has 0 aromatic carbocycles. The molecule has 0 aromatic rings. The van der Waals surface area contributed by atoms with Gasteiger partial charge in [0.05, 0.1) is 6.61 Å². The third kappa shape index (κ3) is 8.51. The summed E-state index contributed by atoms with van der Waals surface area (Å²) in [6.45, 7) is 12.1. The molecular formula is C15H31NO2. The highest BCUT2D eigenvalue weighted by molar-refractivity contribution is 5.69. The summed E-state index contributed by atoms with van der Waals surface area (Å²) in [4.78, 5) is 11.6. The third-order valence-electron chi connectivity index (χ3n) is 3.40. The van der Waals surface area contributed by atoms with Crippen molar-refractivity contribution < 1.29 is 9.53 Å². The lowest BCUT2D eigenvalue weighted by Gasteiger charge is -2.30. The normalized spacial score (nSPS) is 13.7. The lowest BCUT2D eigenvalue weighted by atomic mass is 9.76. The number of hydrogen-bond donors (Lipinski definition) is 1. The summed E-state index contributed by atoms with van der Waals surface area (Å²) in [5.41, 5.74) is 5.84. The predicted octanol–water partition coefficient (Wildman–Crippen LogP) is 3.37.